The largest absolute Gasteiger partial charge is 0.486 e. The molecule has 0 atom stereocenters. The number of carbonyl (C=O) groups is 1. The van der Waals surface area contributed by atoms with Crippen molar-refractivity contribution in [2.24, 2.45) is 5.10 Å². The second kappa shape index (κ2) is 9.58. The standard InChI is InChI=1S/C24H20FN3O3/c25-18-8-10-19(11-9-18)30-16-21-13-12-20(31-21)14-27-28-24(29)15-26-23-7-3-5-17-4-1-2-6-22(17)23/h1-14,26H,15-16H2,(H,28,29)/b27-14+. The lowest BCUT2D eigenvalue weighted by molar-refractivity contribution is -0.119. The minimum atomic E-state index is -0.321. The molecule has 0 saturated heterocycles. The molecule has 156 valence electrons. The molecular formula is C24H20FN3O3. The van der Waals surface area contributed by atoms with Gasteiger partial charge in [0.25, 0.3) is 5.91 Å². The Morgan fingerprint density at radius 2 is 1.81 bits per heavy atom. The minimum Gasteiger partial charge on any atom is -0.486 e. The number of nitrogens with zero attached hydrogens (tertiary/aromatic N) is 1. The fourth-order valence-electron chi connectivity index (χ4n) is 2.99. The summed E-state index contributed by atoms with van der Waals surface area (Å²) >= 11 is 0. The summed E-state index contributed by atoms with van der Waals surface area (Å²) in [7, 11) is 0. The van der Waals surface area contributed by atoms with Crippen LogP contribution in [-0.2, 0) is 11.4 Å². The number of fused-ring (bicyclic) bond motifs is 1. The van der Waals surface area contributed by atoms with Crippen LogP contribution in [0.15, 0.2) is 88.4 Å². The van der Waals surface area contributed by atoms with Gasteiger partial charge in [0.2, 0.25) is 0 Å². The second-order valence-corrected chi connectivity index (χ2v) is 6.72. The number of hydrazone groups is 1. The average molecular weight is 417 g/mol. The maximum Gasteiger partial charge on any atom is 0.259 e. The van der Waals surface area contributed by atoms with Crippen molar-refractivity contribution in [3.05, 3.63) is 96.2 Å². The number of nitrogens with one attached hydrogen (secondary N) is 2. The minimum absolute atomic E-state index is 0.0836. The van der Waals surface area contributed by atoms with Crippen LogP contribution in [0.2, 0.25) is 0 Å². The Kier molecular flexibility index (Phi) is 6.23. The molecule has 0 aliphatic rings. The summed E-state index contributed by atoms with van der Waals surface area (Å²) in [6.07, 6.45) is 1.41. The number of anilines is 1. The van der Waals surface area contributed by atoms with E-state index in [9.17, 15) is 9.18 Å². The van der Waals surface area contributed by atoms with Crippen molar-refractivity contribution in [3.63, 3.8) is 0 Å². The zero-order chi connectivity index (χ0) is 21.5. The first kappa shape index (κ1) is 20.2. The summed E-state index contributed by atoms with van der Waals surface area (Å²) in [5.74, 6) is 0.988. The summed E-state index contributed by atoms with van der Waals surface area (Å²) in [6.45, 7) is 0.279. The summed E-state index contributed by atoms with van der Waals surface area (Å²) < 4.78 is 24.0. The molecule has 3 aromatic carbocycles. The highest BCUT2D eigenvalue weighted by Crippen LogP contribution is 2.22. The zero-order valence-corrected chi connectivity index (χ0v) is 16.5. The van der Waals surface area contributed by atoms with Gasteiger partial charge in [-0.1, -0.05) is 36.4 Å². The Hall–Kier alpha value is -4.13. The molecule has 2 N–H and O–H groups in total. The number of carbonyl (C=O) groups excluding carboxylic acids is 1. The van der Waals surface area contributed by atoms with Crippen LogP contribution in [-0.4, -0.2) is 18.7 Å². The molecule has 0 spiro atoms. The maximum absolute atomic E-state index is 12.9. The van der Waals surface area contributed by atoms with E-state index in [2.05, 4.69) is 15.8 Å². The van der Waals surface area contributed by atoms with Gasteiger partial charge in [-0.2, -0.15) is 5.10 Å². The molecular weight excluding hydrogens is 397 g/mol. The van der Waals surface area contributed by atoms with Crippen LogP contribution >= 0.6 is 0 Å². The number of hydrogen-bond acceptors (Lipinski definition) is 5. The molecule has 0 bridgehead atoms. The highest BCUT2D eigenvalue weighted by molar-refractivity contribution is 5.95. The van der Waals surface area contributed by atoms with Crippen molar-refractivity contribution in [2.75, 3.05) is 11.9 Å². The van der Waals surface area contributed by atoms with Gasteiger partial charge in [0.1, 0.15) is 29.7 Å². The van der Waals surface area contributed by atoms with Crippen molar-refractivity contribution < 1.29 is 18.3 Å². The van der Waals surface area contributed by atoms with Crippen molar-refractivity contribution in [2.45, 2.75) is 6.61 Å². The number of ether oxygens (including phenoxy) is 1. The van der Waals surface area contributed by atoms with Gasteiger partial charge in [0.05, 0.1) is 12.8 Å². The summed E-state index contributed by atoms with van der Waals surface area (Å²) in [5.41, 5.74) is 3.35. The molecule has 0 aliphatic carbocycles. The lowest BCUT2D eigenvalue weighted by atomic mass is 10.1. The van der Waals surface area contributed by atoms with Crippen LogP contribution in [0.4, 0.5) is 10.1 Å². The van der Waals surface area contributed by atoms with Crippen molar-refractivity contribution >= 4 is 28.6 Å². The molecule has 0 fully saturated rings. The predicted octanol–water partition coefficient (Wildman–Crippen LogP) is 4.71. The van der Waals surface area contributed by atoms with Crippen molar-refractivity contribution in [1.82, 2.24) is 5.43 Å². The lowest BCUT2D eigenvalue weighted by Crippen LogP contribution is -2.25. The topological polar surface area (TPSA) is 75.9 Å². The molecule has 0 saturated carbocycles. The highest BCUT2D eigenvalue weighted by Gasteiger charge is 2.04. The fourth-order valence-corrected chi connectivity index (χ4v) is 2.99. The zero-order valence-electron chi connectivity index (χ0n) is 16.5. The molecule has 1 aromatic heterocycles. The SMILES string of the molecule is O=C(CNc1cccc2ccccc12)N/N=C/c1ccc(COc2ccc(F)cc2)o1. The van der Waals surface area contributed by atoms with Gasteiger partial charge in [-0.15, -0.1) is 0 Å². The van der Waals surface area contributed by atoms with Gasteiger partial charge in [0.15, 0.2) is 0 Å². The van der Waals surface area contributed by atoms with E-state index in [0.717, 1.165) is 16.5 Å². The average Bonchev–Trinajstić information content (AvgIpc) is 3.25. The second-order valence-electron chi connectivity index (χ2n) is 6.72. The number of benzene rings is 3. The van der Waals surface area contributed by atoms with E-state index >= 15 is 0 Å². The summed E-state index contributed by atoms with van der Waals surface area (Å²) in [6, 6.07) is 23.0. The molecule has 4 aromatic rings. The smallest absolute Gasteiger partial charge is 0.259 e. The third-order valence-electron chi connectivity index (χ3n) is 4.49. The van der Waals surface area contributed by atoms with Crippen LogP contribution in [0.5, 0.6) is 5.75 Å². The first-order chi connectivity index (χ1) is 15.2. The van der Waals surface area contributed by atoms with E-state index in [1.807, 2.05) is 42.5 Å². The Labute approximate surface area is 178 Å². The van der Waals surface area contributed by atoms with Crippen LogP contribution in [0.25, 0.3) is 10.8 Å². The first-order valence-electron chi connectivity index (χ1n) is 9.68. The van der Waals surface area contributed by atoms with Gasteiger partial charge in [-0.3, -0.25) is 4.79 Å². The first-order valence-corrected chi connectivity index (χ1v) is 9.68. The number of halogens is 1. The maximum atomic E-state index is 12.9. The summed E-state index contributed by atoms with van der Waals surface area (Å²) in [4.78, 5) is 12.1. The van der Waals surface area contributed by atoms with Gasteiger partial charge in [-0.25, -0.2) is 9.82 Å². The van der Waals surface area contributed by atoms with Crippen molar-refractivity contribution in [1.29, 1.82) is 0 Å². The third-order valence-corrected chi connectivity index (χ3v) is 4.49. The van der Waals surface area contributed by atoms with Gasteiger partial charge >= 0.3 is 0 Å². The molecule has 1 heterocycles. The van der Waals surface area contributed by atoms with Crippen molar-refractivity contribution in [3.8, 4) is 5.75 Å². The van der Waals surface area contributed by atoms with E-state index in [1.54, 1.807) is 24.3 Å². The van der Waals surface area contributed by atoms with Gasteiger partial charge in [-0.05, 0) is 47.9 Å². The van der Waals surface area contributed by atoms with E-state index in [0.29, 0.717) is 17.3 Å². The molecule has 6 nitrogen and oxygen atoms in total. The third kappa shape index (κ3) is 5.48. The molecule has 4 rings (SSSR count). The summed E-state index contributed by atoms with van der Waals surface area (Å²) in [5, 5.41) is 9.19. The van der Waals surface area contributed by atoms with E-state index in [4.69, 9.17) is 9.15 Å². The number of hydrogen-bond donors (Lipinski definition) is 2. The predicted molar refractivity (Wildman–Crippen MR) is 118 cm³/mol. The number of rotatable bonds is 8. The monoisotopic (exact) mass is 417 g/mol. The van der Waals surface area contributed by atoms with E-state index in [-0.39, 0.29) is 24.9 Å². The molecule has 31 heavy (non-hydrogen) atoms. The molecule has 1 amide bonds. The van der Waals surface area contributed by atoms with Gasteiger partial charge in [0, 0.05) is 11.1 Å². The van der Waals surface area contributed by atoms with E-state index in [1.165, 1.54) is 18.3 Å². The lowest BCUT2D eigenvalue weighted by Gasteiger charge is -2.08. The fraction of sp³-hybridized carbons (Fsp3) is 0.0833. The van der Waals surface area contributed by atoms with E-state index < -0.39 is 0 Å². The normalized spacial score (nSPS) is 11.0. The van der Waals surface area contributed by atoms with Crippen LogP contribution in [0.1, 0.15) is 11.5 Å². The Bertz CT molecular complexity index is 1200. The molecule has 0 radical (unpaired) electrons. The quantitative estimate of drug-likeness (QED) is 0.322. The highest BCUT2D eigenvalue weighted by atomic mass is 19.1. The Morgan fingerprint density at radius 3 is 2.68 bits per heavy atom. The molecule has 0 aliphatic heterocycles. The molecule has 0 unspecified atom stereocenters. The Balaban J connectivity index is 1.25. The Morgan fingerprint density at radius 1 is 1.00 bits per heavy atom. The van der Waals surface area contributed by atoms with Crippen LogP contribution in [0, 0.1) is 5.82 Å². The number of furan rings is 1. The van der Waals surface area contributed by atoms with Crippen LogP contribution < -0.4 is 15.5 Å². The molecule has 7 heteroatoms. The number of amides is 1. The van der Waals surface area contributed by atoms with Crippen LogP contribution in [0.3, 0.4) is 0 Å². The van der Waals surface area contributed by atoms with Gasteiger partial charge < -0.3 is 14.5 Å².